The van der Waals surface area contributed by atoms with E-state index in [1.54, 1.807) is 6.92 Å². The number of hydrogen-bond donors (Lipinski definition) is 1. The van der Waals surface area contributed by atoms with Crippen molar-refractivity contribution in [2.45, 2.75) is 81.7 Å². The first-order valence-electron chi connectivity index (χ1n) is 12.1. The number of thiophene rings is 1. The van der Waals surface area contributed by atoms with Crippen LogP contribution in [0.4, 0.5) is 10.9 Å². The normalized spacial score (nSPS) is 18.8. The lowest BCUT2D eigenvalue weighted by atomic mass is 9.95. The molecule has 0 bridgehead atoms. The van der Waals surface area contributed by atoms with Gasteiger partial charge in [-0.05, 0) is 70.8 Å². The Morgan fingerprint density at radius 3 is 2.67 bits per heavy atom. The van der Waals surface area contributed by atoms with E-state index in [2.05, 4.69) is 25.0 Å². The molecule has 1 unspecified atom stereocenters. The lowest BCUT2D eigenvalue weighted by molar-refractivity contribution is -0.115. The number of fused-ring (bicyclic) bond motifs is 1. The number of anilines is 2. The Morgan fingerprint density at radius 2 is 1.94 bits per heavy atom. The van der Waals surface area contributed by atoms with Gasteiger partial charge in [0.15, 0.2) is 5.16 Å². The van der Waals surface area contributed by atoms with Crippen molar-refractivity contribution in [2.75, 3.05) is 29.9 Å². The molecule has 2 aliphatic carbocycles. The predicted octanol–water partition coefficient (Wildman–Crippen LogP) is 4.45. The number of ether oxygens (including phenoxy) is 1. The SMILES string of the molecule is CCOC(=O)c1c(NC(=O)C(C)Sc2nnc(N3CCCC3)n2C2CC2)sc2c1CCCC2. The number of carbonyl (C=O) groups is 2. The highest BCUT2D eigenvalue weighted by Crippen LogP contribution is 2.43. The average Bonchev–Trinajstić information content (AvgIpc) is 3.20. The third-order valence-corrected chi connectivity index (χ3v) is 8.75. The molecule has 3 heterocycles. The van der Waals surface area contributed by atoms with Gasteiger partial charge in [0, 0.05) is 24.0 Å². The molecule has 2 aromatic rings. The van der Waals surface area contributed by atoms with Crippen molar-refractivity contribution in [2.24, 2.45) is 0 Å². The topological polar surface area (TPSA) is 89.3 Å². The summed E-state index contributed by atoms with van der Waals surface area (Å²) in [5, 5.41) is 13.0. The lowest BCUT2D eigenvalue weighted by Crippen LogP contribution is -2.24. The third kappa shape index (κ3) is 4.64. The molecule has 0 radical (unpaired) electrons. The molecule has 1 atom stereocenters. The number of aromatic nitrogens is 3. The van der Waals surface area contributed by atoms with E-state index in [0.29, 0.717) is 23.2 Å². The number of nitrogens with zero attached hydrogens (tertiary/aromatic N) is 4. The van der Waals surface area contributed by atoms with E-state index in [0.717, 1.165) is 68.3 Å². The molecule has 1 aliphatic heterocycles. The van der Waals surface area contributed by atoms with Crippen molar-refractivity contribution in [1.29, 1.82) is 0 Å². The van der Waals surface area contributed by atoms with Gasteiger partial charge in [-0.2, -0.15) is 0 Å². The lowest BCUT2D eigenvalue weighted by Gasteiger charge is -2.18. The van der Waals surface area contributed by atoms with Crippen LogP contribution in [0.2, 0.25) is 0 Å². The minimum Gasteiger partial charge on any atom is -0.462 e. The van der Waals surface area contributed by atoms with Gasteiger partial charge in [-0.15, -0.1) is 21.5 Å². The second-order valence-electron chi connectivity index (χ2n) is 8.96. The summed E-state index contributed by atoms with van der Waals surface area (Å²) in [7, 11) is 0. The van der Waals surface area contributed by atoms with Crippen LogP contribution in [0.1, 0.15) is 79.2 Å². The predicted molar refractivity (Wildman–Crippen MR) is 131 cm³/mol. The first kappa shape index (κ1) is 22.7. The van der Waals surface area contributed by atoms with E-state index in [9.17, 15) is 9.59 Å². The number of aryl methyl sites for hydroxylation is 1. The molecule has 1 saturated heterocycles. The number of thioether (sulfide) groups is 1. The van der Waals surface area contributed by atoms with Crippen molar-refractivity contribution in [3.8, 4) is 0 Å². The minimum atomic E-state index is -0.368. The molecule has 1 saturated carbocycles. The van der Waals surface area contributed by atoms with Crippen LogP contribution in [0.25, 0.3) is 0 Å². The number of rotatable bonds is 8. The van der Waals surface area contributed by atoms with Crippen molar-refractivity contribution in [3.05, 3.63) is 16.0 Å². The standard InChI is InChI=1S/C23H31N5O3S2/c1-3-31-21(30)18-16-8-4-5-9-17(16)33-20(18)24-19(29)14(2)32-23-26-25-22(27-12-6-7-13-27)28(23)15-10-11-15/h14-15H,3-13H2,1-2H3,(H,24,29). The largest absolute Gasteiger partial charge is 0.462 e. The zero-order valence-corrected chi connectivity index (χ0v) is 20.9. The Bertz CT molecular complexity index is 1040. The van der Waals surface area contributed by atoms with Crippen LogP contribution in [0, 0.1) is 0 Å². The summed E-state index contributed by atoms with van der Waals surface area (Å²) in [6.07, 6.45) is 8.64. The summed E-state index contributed by atoms with van der Waals surface area (Å²) in [6, 6.07) is 0.438. The zero-order chi connectivity index (χ0) is 22.9. The molecule has 10 heteroatoms. The van der Waals surface area contributed by atoms with Gasteiger partial charge in [0.2, 0.25) is 11.9 Å². The summed E-state index contributed by atoms with van der Waals surface area (Å²) in [5.74, 6) is 0.481. The van der Waals surface area contributed by atoms with E-state index in [1.165, 1.54) is 40.8 Å². The highest BCUT2D eigenvalue weighted by atomic mass is 32.2. The van der Waals surface area contributed by atoms with Crippen LogP contribution in [0.3, 0.4) is 0 Å². The molecule has 3 aliphatic rings. The highest BCUT2D eigenvalue weighted by molar-refractivity contribution is 8.00. The molecule has 0 spiro atoms. The van der Waals surface area contributed by atoms with Gasteiger partial charge in [0.05, 0.1) is 17.4 Å². The molecule has 33 heavy (non-hydrogen) atoms. The van der Waals surface area contributed by atoms with Crippen LogP contribution in [0.5, 0.6) is 0 Å². The molecule has 8 nitrogen and oxygen atoms in total. The Balaban J connectivity index is 1.33. The molecule has 1 amide bonds. The summed E-state index contributed by atoms with van der Waals surface area (Å²) in [4.78, 5) is 29.4. The fourth-order valence-corrected chi connectivity index (χ4v) is 6.83. The number of esters is 1. The van der Waals surface area contributed by atoms with Gasteiger partial charge in [0.25, 0.3) is 0 Å². The maximum atomic E-state index is 13.2. The van der Waals surface area contributed by atoms with Crippen molar-refractivity contribution in [1.82, 2.24) is 14.8 Å². The van der Waals surface area contributed by atoms with E-state index in [4.69, 9.17) is 4.74 Å². The van der Waals surface area contributed by atoms with Crippen LogP contribution >= 0.6 is 23.1 Å². The summed E-state index contributed by atoms with van der Waals surface area (Å²) in [5.41, 5.74) is 1.61. The van der Waals surface area contributed by atoms with Gasteiger partial charge < -0.3 is 15.0 Å². The molecular formula is C23H31N5O3S2. The number of nitrogens with one attached hydrogen (secondary N) is 1. The Kier molecular flexibility index (Phi) is 6.65. The number of carbonyl (C=O) groups excluding carboxylic acids is 2. The van der Waals surface area contributed by atoms with Crippen LogP contribution in [-0.2, 0) is 22.4 Å². The summed E-state index contributed by atoms with van der Waals surface area (Å²) in [6.45, 7) is 6.05. The molecular weight excluding hydrogens is 458 g/mol. The minimum absolute atomic E-state index is 0.128. The molecule has 5 rings (SSSR count). The van der Waals surface area contributed by atoms with Gasteiger partial charge in [-0.25, -0.2) is 4.79 Å². The van der Waals surface area contributed by atoms with Crippen molar-refractivity contribution in [3.63, 3.8) is 0 Å². The fraction of sp³-hybridized carbons (Fsp3) is 0.652. The highest BCUT2D eigenvalue weighted by Gasteiger charge is 2.34. The van der Waals surface area contributed by atoms with Gasteiger partial charge in [0.1, 0.15) is 5.00 Å². The van der Waals surface area contributed by atoms with Crippen LogP contribution < -0.4 is 10.2 Å². The van der Waals surface area contributed by atoms with Gasteiger partial charge in [-0.1, -0.05) is 11.8 Å². The quantitative estimate of drug-likeness (QED) is 0.433. The zero-order valence-electron chi connectivity index (χ0n) is 19.3. The van der Waals surface area contributed by atoms with Crippen LogP contribution in [-0.4, -0.2) is 51.6 Å². The first-order chi connectivity index (χ1) is 16.1. The maximum absolute atomic E-state index is 13.2. The molecule has 1 N–H and O–H groups in total. The van der Waals surface area contributed by atoms with E-state index < -0.39 is 0 Å². The number of amides is 1. The Morgan fingerprint density at radius 1 is 1.18 bits per heavy atom. The monoisotopic (exact) mass is 489 g/mol. The van der Waals surface area contributed by atoms with E-state index in [1.807, 2.05) is 6.92 Å². The van der Waals surface area contributed by atoms with Crippen LogP contribution in [0.15, 0.2) is 5.16 Å². The average molecular weight is 490 g/mol. The maximum Gasteiger partial charge on any atom is 0.341 e. The smallest absolute Gasteiger partial charge is 0.341 e. The molecule has 178 valence electrons. The van der Waals surface area contributed by atoms with Crippen molar-refractivity contribution >= 4 is 45.9 Å². The molecule has 2 aromatic heterocycles. The van der Waals surface area contributed by atoms with Crippen molar-refractivity contribution < 1.29 is 14.3 Å². The summed E-state index contributed by atoms with van der Waals surface area (Å²) < 4.78 is 7.55. The molecule has 2 fully saturated rings. The molecule has 0 aromatic carbocycles. The Labute approximate surface area is 202 Å². The second kappa shape index (κ2) is 9.66. The van der Waals surface area contributed by atoms with E-state index in [-0.39, 0.29) is 17.1 Å². The fourth-order valence-electron chi connectivity index (χ4n) is 4.63. The number of hydrogen-bond acceptors (Lipinski definition) is 8. The van der Waals surface area contributed by atoms with Gasteiger partial charge >= 0.3 is 5.97 Å². The van der Waals surface area contributed by atoms with E-state index >= 15 is 0 Å². The third-order valence-electron chi connectivity index (χ3n) is 6.49. The van der Waals surface area contributed by atoms with Gasteiger partial charge in [-0.3, -0.25) is 9.36 Å². The Hall–Kier alpha value is -2.07. The second-order valence-corrected chi connectivity index (χ2v) is 11.4. The first-order valence-corrected chi connectivity index (χ1v) is 13.8. The summed E-state index contributed by atoms with van der Waals surface area (Å²) >= 11 is 2.97.